The lowest BCUT2D eigenvalue weighted by atomic mass is 9.98. The molecular formula is C28H24N6O4. The van der Waals surface area contributed by atoms with Gasteiger partial charge in [-0.15, -0.1) is 0 Å². The molecule has 0 bridgehead atoms. The van der Waals surface area contributed by atoms with Crippen LogP contribution >= 0.6 is 0 Å². The number of benzene rings is 3. The van der Waals surface area contributed by atoms with Crippen molar-refractivity contribution in [3.63, 3.8) is 0 Å². The molecule has 3 amide bonds. The van der Waals surface area contributed by atoms with Crippen LogP contribution in [-0.4, -0.2) is 59.2 Å². The molecule has 0 unspecified atom stereocenters. The summed E-state index contributed by atoms with van der Waals surface area (Å²) in [4.78, 5) is 41.3. The monoisotopic (exact) mass is 508 g/mol. The summed E-state index contributed by atoms with van der Waals surface area (Å²) in [5, 5.41) is 15.5. The predicted molar refractivity (Wildman–Crippen MR) is 138 cm³/mol. The Balaban J connectivity index is 1.26. The van der Waals surface area contributed by atoms with Gasteiger partial charge in [0, 0.05) is 6.42 Å². The SMILES string of the molecule is COc1ccccc1N1C(=O)[C@@H]2[C@@H](N=NN2CC(=O)N2N=C(c3ccccc3)C[C@@H]2c2ccccc2)C1=O. The third-order valence-corrected chi connectivity index (χ3v) is 6.94. The highest BCUT2D eigenvalue weighted by Gasteiger charge is 2.56. The van der Waals surface area contributed by atoms with Crippen LogP contribution in [0.5, 0.6) is 5.75 Å². The van der Waals surface area contributed by atoms with Crippen molar-refractivity contribution in [2.45, 2.75) is 24.5 Å². The van der Waals surface area contributed by atoms with Gasteiger partial charge in [0.1, 0.15) is 12.3 Å². The van der Waals surface area contributed by atoms with Gasteiger partial charge in [-0.2, -0.15) is 10.2 Å². The molecule has 1 fully saturated rings. The van der Waals surface area contributed by atoms with Crippen LogP contribution in [0.2, 0.25) is 0 Å². The molecule has 3 aliphatic rings. The van der Waals surface area contributed by atoms with E-state index in [2.05, 4.69) is 15.4 Å². The number of rotatable bonds is 6. The number of hydrazone groups is 1. The Morgan fingerprint density at radius 1 is 0.921 bits per heavy atom. The van der Waals surface area contributed by atoms with Crippen molar-refractivity contribution in [3.8, 4) is 5.75 Å². The maximum absolute atomic E-state index is 13.6. The first-order valence-corrected chi connectivity index (χ1v) is 12.2. The van der Waals surface area contributed by atoms with Gasteiger partial charge in [0.25, 0.3) is 17.7 Å². The van der Waals surface area contributed by atoms with Gasteiger partial charge in [0.2, 0.25) is 0 Å². The number of para-hydroxylation sites is 2. The second-order valence-corrected chi connectivity index (χ2v) is 9.16. The van der Waals surface area contributed by atoms with Crippen molar-refractivity contribution >= 4 is 29.1 Å². The molecule has 0 N–H and O–H groups in total. The molecule has 0 aliphatic carbocycles. The van der Waals surface area contributed by atoms with E-state index in [9.17, 15) is 14.4 Å². The van der Waals surface area contributed by atoms with Crippen LogP contribution in [0.1, 0.15) is 23.6 Å². The first-order valence-electron chi connectivity index (χ1n) is 12.2. The van der Waals surface area contributed by atoms with Gasteiger partial charge in [-0.3, -0.25) is 19.4 Å². The van der Waals surface area contributed by atoms with E-state index in [1.165, 1.54) is 17.1 Å². The molecule has 3 aromatic carbocycles. The Kier molecular flexibility index (Phi) is 5.91. The molecule has 0 spiro atoms. The normalized spacial score (nSPS) is 22.2. The van der Waals surface area contributed by atoms with E-state index in [4.69, 9.17) is 4.74 Å². The Hall–Kier alpha value is -4.86. The number of carbonyl (C=O) groups excluding carboxylic acids is 3. The van der Waals surface area contributed by atoms with Crippen LogP contribution in [0.25, 0.3) is 0 Å². The number of nitrogens with zero attached hydrogens (tertiary/aromatic N) is 6. The van der Waals surface area contributed by atoms with Crippen LogP contribution in [0.3, 0.4) is 0 Å². The first-order chi connectivity index (χ1) is 18.6. The Bertz CT molecular complexity index is 1460. The van der Waals surface area contributed by atoms with E-state index in [1.807, 2.05) is 60.7 Å². The van der Waals surface area contributed by atoms with Gasteiger partial charge >= 0.3 is 0 Å². The van der Waals surface area contributed by atoms with Crippen molar-refractivity contribution in [1.29, 1.82) is 0 Å². The summed E-state index contributed by atoms with van der Waals surface area (Å²) in [7, 11) is 1.47. The van der Waals surface area contributed by atoms with Gasteiger partial charge in [0.05, 0.1) is 24.6 Å². The smallest absolute Gasteiger partial charge is 0.264 e. The zero-order valence-electron chi connectivity index (χ0n) is 20.5. The summed E-state index contributed by atoms with van der Waals surface area (Å²) < 4.78 is 5.35. The summed E-state index contributed by atoms with van der Waals surface area (Å²) >= 11 is 0. The number of ether oxygens (including phenoxy) is 1. The molecular weight excluding hydrogens is 484 g/mol. The van der Waals surface area contributed by atoms with E-state index in [1.54, 1.807) is 24.3 Å². The second-order valence-electron chi connectivity index (χ2n) is 9.16. The molecule has 190 valence electrons. The van der Waals surface area contributed by atoms with Gasteiger partial charge in [-0.25, -0.2) is 9.91 Å². The van der Waals surface area contributed by atoms with Crippen LogP contribution < -0.4 is 9.64 Å². The highest BCUT2D eigenvalue weighted by Crippen LogP contribution is 2.37. The lowest BCUT2D eigenvalue weighted by molar-refractivity contribution is -0.135. The molecule has 0 radical (unpaired) electrons. The molecule has 3 aromatic rings. The third kappa shape index (κ3) is 3.90. The lowest BCUT2D eigenvalue weighted by Crippen LogP contribution is -2.44. The first kappa shape index (κ1) is 23.5. The molecule has 6 rings (SSSR count). The van der Waals surface area contributed by atoms with E-state index >= 15 is 0 Å². The molecule has 1 saturated heterocycles. The zero-order chi connectivity index (χ0) is 26.2. The quantitative estimate of drug-likeness (QED) is 0.475. The van der Waals surface area contributed by atoms with Crippen LogP contribution in [0.15, 0.2) is 100 Å². The molecule has 10 nitrogen and oxygen atoms in total. The molecule has 3 heterocycles. The average Bonchev–Trinajstić information content (AvgIpc) is 3.65. The van der Waals surface area contributed by atoms with Crippen molar-refractivity contribution in [1.82, 2.24) is 10.0 Å². The zero-order valence-corrected chi connectivity index (χ0v) is 20.5. The maximum Gasteiger partial charge on any atom is 0.264 e. The summed E-state index contributed by atoms with van der Waals surface area (Å²) in [6, 6.07) is 23.9. The average molecular weight is 509 g/mol. The van der Waals surface area contributed by atoms with Crippen molar-refractivity contribution in [2.75, 3.05) is 18.6 Å². The molecule has 3 atom stereocenters. The van der Waals surface area contributed by atoms with Gasteiger partial charge in [-0.05, 0) is 23.3 Å². The number of anilines is 1. The largest absolute Gasteiger partial charge is 0.495 e. The van der Waals surface area contributed by atoms with Gasteiger partial charge in [-0.1, -0.05) is 78.0 Å². The second kappa shape index (κ2) is 9.55. The summed E-state index contributed by atoms with van der Waals surface area (Å²) in [5.74, 6) is -0.965. The fraction of sp³-hybridized carbons (Fsp3) is 0.214. The number of carbonyl (C=O) groups is 3. The number of amides is 3. The van der Waals surface area contributed by atoms with Crippen molar-refractivity contribution in [3.05, 3.63) is 96.1 Å². The van der Waals surface area contributed by atoms with Crippen molar-refractivity contribution in [2.24, 2.45) is 15.4 Å². The van der Waals surface area contributed by atoms with E-state index in [-0.39, 0.29) is 18.5 Å². The number of imide groups is 1. The Labute approximate surface area is 218 Å². The van der Waals surface area contributed by atoms with Crippen LogP contribution in [-0.2, 0) is 14.4 Å². The predicted octanol–water partition coefficient (Wildman–Crippen LogP) is 3.37. The third-order valence-electron chi connectivity index (χ3n) is 6.94. The minimum atomic E-state index is -1.02. The summed E-state index contributed by atoms with van der Waals surface area (Å²) in [5.41, 5.74) is 3.02. The van der Waals surface area contributed by atoms with Gasteiger partial charge in [0.15, 0.2) is 12.1 Å². The lowest BCUT2D eigenvalue weighted by Gasteiger charge is -2.25. The van der Waals surface area contributed by atoms with Crippen LogP contribution in [0.4, 0.5) is 5.69 Å². The molecule has 10 heteroatoms. The number of hydrogen-bond donors (Lipinski definition) is 0. The minimum absolute atomic E-state index is 0.252. The topological polar surface area (TPSA) is 107 Å². The number of methoxy groups -OCH3 is 1. The highest BCUT2D eigenvalue weighted by molar-refractivity contribution is 6.26. The minimum Gasteiger partial charge on any atom is -0.495 e. The Morgan fingerprint density at radius 2 is 1.61 bits per heavy atom. The van der Waals surface area contributed by atoms with E-state index < -0.39 is 23.9 Å². The van der Waals surface area contributed by atoms with Crippen LogP contribution in [0, 0.1) is 0 Å². The molecule has 38 heavy (non-hydrogen) atoms. The maximum atomic E-state index is 13.6. The number of fused-ring (bicyclic) bond motifs is 1. The fourth-order valence-electron chi connectivity index (χ4n) is 5.10. The highest BCUT2D eigenvalue weighted by atomic mass is 16.5. The van der Waals surface area contributed by atoms with E-state index in [0.717, 1.165) is 21.7 Å². The van der Waals surface area contributed by atoms with Gasteiger partial charge < -0.3 is 4.74 Å². The fourth-order valence-corrected chi connectivity index (χ4v) is 5.10. The van der Waals surface area contributed by atoms with E-state index in [0.29, 0.717) is 17.9 Å². The number of hydrogen-bond acceptors (Lipinski definition) is 8. The molecule has 0 saturated carbocycles. The Morgan fingerprint density at radius 3 is 2.34 bits per heavy atom. The standard InChI is InChI=1S/C28H24N6O4/c1-38-23-15-9-8-14-21(23)33-27(36)25-26(28(33)37)32(31-29-25)17-24(35)34-22(19-12-6-3-7-13-19)16-20(30-34)18-10-4-2-5-11-18/h2-15,22,25-26H,16-17H2,1H3/t22-,25-,26+/m1/s1. The summed E-state index contributed by atoms with van der Waals surface area (Å²) in [6.45, 7) is -0.252. The molecule has 0 aromatic heterocycles. The molecule has 3 aliphatic heterocycles. The van der Waals surface area contributed by atoms with Crippen molar-refractivity contribution < 1.29 is 19.1 Å². The summed E-state index contributed by atoms with van der Waals surface area (Å²) in [6.07, 6.45) is 0.548.